The van der Waals surface area contributed by atoms with Crippen LogP contribution in [0.15, 0.2) is 0 Å². The maximum Gasteiger partial charge on any atom is 0.306 e. The van der Waals surface area contributed by atoms with Gasteiger partial charge in [-0.05, 0) is 38.5 Å². The molecule has 0 saturated heterocycles. The minimum atomic E-state index is -4.56. The van der Waals surface area contributed by atoms with Gasteiger partial charge >= 0.3 is 5.97 Å². The van der Waals surface area contributed by atoms with Crippen molar-refractivity contribution in [2.24, 2.45) is 0 Å². The summed E-state index contributed by atoms with van der Waals surface area (Å²) in [6.07, 6.45) is 13.4. The Morgan fingerprint density at radius 2 is 1.22 bits per heavy atom. The summed E-state index contributed by atoms with van der Waals surface area (Å²) in [7, 11) is -4.56. The number of rotatable bonds is 22. The van der Waals surface area contributed by atoms with Gasteiger partial charge in [-0.25, -0.2) is 8.42 Å². The van der Waals surface area contributed by atoms with E-state index in [1.807, 2.05) is 0 Å². The zero-order valence-electron chi connectivity index (χ0n) is 20.1. The van der Waals surface area contributed by atoms with Gasteiger partial charge in [-0.2, -0.15) is 0 Å². The molecule has 7 nitrogen and oxygen atoms in total. The highest BCUT2D eigenvalue weighted by Gasteiger charge is 2.28. The third kappa shape index (κ3) is 17.4. The second kappa shape index (κ2) is 19.3. The van der Waals surface area contributed by atoms with E-state index in [0.29, 0.717) is 25.7 Å². The van der Waals surface area contributed by atoms with E-state index in [4.69, 9.17) is 4.74 Å². The number of aliphatic carboxylic acids is 1. The first-order valence-electron chi connectivity index (χ1n) is 12.6. The lowest BCUT2D eigenvalue weighted by atomic mass is 10.0. The molecule has 0 N–H and O–H groups in total. The highest BCUT2D eigenvalue weighted by atomic mass is 32.2. The molecule has 0 aromatic carbocycles. The van der Waals surface area contributed by atoms with E-state index in [1.54, 1.807) is 6.92 Å². The molecular weight excluding hydrogens is 432 g/mol. The number of hydrogen-bond acceptors (Lipinski definition) is 7. The molecular formula is C24H44O7S-2. The summed E-state index contributed by atoms with van der Waals surface area (Å²) in [5.74, 6) is -1.50. The van der Waals surface area contributed by atoms with E-state index in [0.717, 1.165) is 38.5 Å². The van der Waals surface area contributed by atoms with Gasteiger partial charge in [-0.15, -0.1) is 0 Å². The summed E-state index contributed by atoms with van der Waals surface area (Å²) in [6.45, 7) is 3.81. The van der Waals surface area contributed by atoms with Crippen molar-refractivity contribution in [3.63, 3.8) is 0 Å². The van der Waals surface area contributed by atoms with Crippen LogP contribution in [0.4, 0.5) is 0 Å². The monoisotopic (exact) mass is 476 g/mol. The minimum Gasteiger partial charge on any atom is -0.748 e. The topological polar surface area (TPSA) is 124 Å². The predicted octanol–water partition coefficient (Wildman–Crippen LogP) is 4.62. The van der Waals surface area contributed by atoms with E-state index in [2.05, 4.69) is 6.92 Å². The Balaban J connectivity index is 4.31. The molecule has 2 unspecified atom stereocenters. The van der Waals surface area contributed by atoms with Crippen molar-refractivity contribution in [1.82, 2.24) is 0 Å². The van der Waals surface area contributed by atoms with Gasteiger partial charge in [0.1, 0.15) is 16.2 Å². The highest BCUT2D eigenvalue weighted by Crippen LogP contribution is 2.21. The minimum absolute atomic E-state index is 0.0332. The smallest absolute Gasteiger partial charge is 0.306 e. The standard InChI is InChI=1S/C24H46O7S/c1-3-5-6-7-8-9-10-14-17-20-24(27)31-21(22(4-2)32(28,29)30)18-15-12-11-13-16-19-23(25)26/h21-22H,3-20H2,1-2H3,(H,25,26)(H,28,29,30)/p-2. The average molecular weight is 477 g/mol. The summed E-state index contributed by atoms with van der Waals surface area (Å²) < 4.78 is 40.4. The Kier molecular flexibility index (Phi) is 18.6. The lowest BCUT2D eigenvalue weighted by molar-refractivity contribution is -0.305. The van der Waals surface area contributed by atoms with Crippen LogP contribution < -0.4 is 5.11 Å². The molecule has 190 valence electrons. The Morgan fingerprint density at radius 3 is 1.69 bits per heavy atom. The van der Waals surface area contributed by atoms with Gasteiger partial charge in [-0.1, -0.05) is 84.5 Å². The van der Waals surface area contributed by atoms with Crippen LogP contribution in [0.3, 0.4) is 0 Å². The Hall–Kier alpha value is -1.15. The zero-order chi connectivity index (χ0) is 24.2. The summed E-state index contributed by atoms with van der Waals surface area (Å²) in [6, 6.07) is 0. The molecule has 8 heteroatoms. The summed E-state index contributed by atoms with van der Waals surface area (Å²) in [5.41, 5.74) is 0. The van der Waals surface area contributed by atoms with Gasteiger partial charge in [0.15, 0.2) is 0 Å². The number of hydrogen-bond donors (Lipinski definition) is 0. The lowest BCUT2D eigenvalue weighted by Crippen LogP contribution is -2.37. The predicted molar refractivity (Wildman–Crippen MR) is 123 cm³/mol. The van der Waals surface area contributed by atoms with Crippen molar-refractivity contribution in [2.45, 2.75) is 141 Å². The molecule has 0 aliphatic rings. The van der Waals surface area contributed by atoms with E-state index >= 15 is 0 Å². The largest absolute Gasteiger partial charge is 0.748 e. The first-order valence-corrected chi connectivity index (χ1v) is 14.0. The van der Waals surface area contributed by atoms with Crippen molar-refractivity contribution >= 4 is 22.1 Å². The molecule has 0 spiro atoms. The normalized spacial score (nSPS) is 13.6. The van der Waals surface area contributed by atoms with Crippen LogP contribution >= 0.6 is 0 Å². The number of carbonyl (C=O) groups is 2. The molecule has 0 amide bonds. The molecule has 0 aliphatic heterocycles. The number of carbonyl (C=O) groups excluding carboxylic acids is 2. The fraction of sp³-hybridized carbons (Fsp3) is 0.917. The van der Waals surface area contributed by atoms with Crippen molar-refractivity contribution in [3.05, 3.63) is 0 Å². The van der Waals surface area contributed by atoms with Gasteiger partial charge in [0, 0.05) is 12.4 Å². The van der Waals surface area contributed by atoms with Gasteiger partial charge in [0.05, 0.1) is 5.25 Å². The second-order valence-electron chi connectivity index (χ2n) is 8.72. The van der Waals surface area contributed by atoms with Gasteiger partial charge in [0.2, 0.25) is 0 Å². The Bertz CT molecular complexity index is 589. The zero-order valence-corrected chi connectivity index (χ0v) is 21.0. The molecule has 0 heterocycles. The van der Waals surface area contributed by atoms with Crippen LogP contribution in [0.25, 0.3) is 0 Å². The van der Waals surface area contributed by atoms with Crippen LogP contribution in [0.1, 0.15) is 129 Å². The third-order valence-corrected chi connectivity index (χ3v) is 7.20. The van der Waals surface area contributed by atoms with E-state index in [-0.39, 0.29) is 19.3 Å². The van der Waals surface area contributed by atoms with Crippen LogP contribution in [0, 0.1) is 0 Å². The summed E-state index contributed by atoms with van der Waals surface area (Å²) in [5, 5.41) is 9.18. The fourth-order valence-electron chi connectivity index (χ4n) is 3.93. The first-order chi connectivity index (χ1) is 15.2. The average Bonchev–Trinajstić information content (AvgIpc) is 2.70. The molecule has 32 heavy (non-hydrogen) atoms. The second-order valence-corrected chi connectivity index (χ2v) is 10.3. The van der Waals surface area contributed by atoms with Crippen molar-refractivity contribution < 1.29 is 32.4 Å². The number of esters is 1. The van der Waals surface area contributed by atoms with Gasteiger partial charge < -0.3 is 19.2 Å². The Morgan fingerprint density at radius 1 is 0.750 bits per heavy atom. The van der Waals surface area contributed by atoms with E-state index < -0.39 is 33.4 Å². The van der Waals surface area contributed by atoms with Gasteiger partial charge in [-0.3, -0.25) is 4.79 Å². The van der Waals surface area contributed by atoms with Crippen molar-refractivity contribution in [3.8, 4) is 0 Å². The number of unbranched alkanes of at least 4 members (excludes halogenated alkanes) is 12. The molecule has 0 saturated carbocycles. The molecule has 0 aromatic rings. The van der Waals surface area contributed by atoms with E-state index in [1.165, 1.54) is 32.1 Å². The van der Waals surface area contributed by atoms with Crippen LogP contribution in [0.5, 0.6) is 0 Å². The number of carboxylic acid groups (broad SMARTS) is 1. The number of ether oxygens (including phenoxy) is 1. The molecule has 0 rings (SSSR count). The lowest BCUT2D eigenvalue weighted by Gasteiger charge is -2.28. The number of carboxylic acids is 1. The maximum absolute atomic E-state index is 12.3. The maximum atomic E-state index is 12.3. The Labute approximate surface area is 195 Å². The first kappa shape index (κ1) is 30.9. The quantitative estimate of drug-likeness (QED) is 0.127. The summed E-state index contributed by atoms with van der Waals surface area (Å²) >= 11 is 0. The highest BCUT2D eigenvalue weighted by molar-refractivity contribution is 7.86. The fourth-order valence-corrected chi connectivity index (χ4v) is 4.90. The van der Waals surface area contributed by atoms with Gasteiger partial charge in [0.25, 0.3) is 0 Å². The molecule has 0 aromatic heterocycles. The molecule has 0 radical (unpaired) electrons. The van der Waals surface area contributed by atoms with Crippen LogP contribution in [-0.2, 0) is 24.4 Å². The molecule has 0 bridgehead atoms. The molecule has 2 atom stereocenters. The van der Waals surface area contributed by atoms with Crippen LogP contribution in [-0.4, -0.2) is 36.3 Å². The molecule has 0 fully saturated rings. The van der Waals surface area contributed by atoms with Crippen molar-refractivity contribution in [2.75, 3.05) is 0 Å². The van der Waals surface area contributed by atoms with Crippen LogP contribution in [0.2, 0.25) is 0 Å². The SMILES string of the molecule is CCCCCCCCCCCC(=O)OC(CCCCCCCC(=O)[O-])C(CC)S(=O)(=O)[O-]. The third-order valence-electron chi connectivity index (χ3n) is 5.82. The van der Waals surface area contributed by atoms with E-state index in [9.17, 15) is 27.7 Å². The van der Waals surface area contributed by atoms with Crippen molar-refractivity contribution in [1.29, 1.82) is 0 Å². The summed E-state index contributed by atoms with van der Waals surface area (Å²) in [4.78, 5) is 22.7. The molecule has 0 aliphatic carbocycles.